The molecule has 21 heavy (non-hydrogen) atoms. The third-order valence-electron chi connectivity index (χ3n) is 2.90. The molecule has 0 radical (unpaired) electrons. The molecule has 1 heterocycles. The molecule has 0 atom stereocenters. The van der Waals surface area contributed by atoms with Gasteiger partial charge in [0.05, 0.1) is 5.75 Å². The molecule has 112 valence electrons. The second-order valence-electron chi connectivity index (χ2n) is 5.98. The summed E-state index contributed by atoms with van der Waals surface area (Å²) in [6, 6.07) is 7.45. The summed E-state index contributed by atoms with van der Waals surface area (Å²) in [7, 11) is 0. The van der Waals surface area contributed by atoms with Crippen molar-refractivity contribution in [3.63, 3.8) is 0 Å². The molecule has 0 saturated carbocycles. The number of aryl methyl sites for hydroxylation is 1. The Balaban J connectivity index is 2.36. The molecule has 0 amide bonds. The molecule has 0 aliphatic carbocycles. The molecular weight excluding hydrogens is 284 g/mol. The SMILES string of the molecule is Cc1cccc(-c2c(O)nc(CSC(C)(C)C)[nH]c2=O)c1. The fourth-order valence-corrected chi connectivity index (χ4v) is 2.63. The van der Waals surface area contributed by atoms with Gasteiger partial charge in [-0.25, -0.2) is 0 Å². The van der Waals surface area contributed by atoms with Crippen molar-refractivity contribution in [2.45, 2.75) is 38.2 Å². The Labute approximate surface area is 128 Å². The molecule has 1 aromatic heterocycles. The zero-order chi connectivity index (χ0) is 15.6. The Hall–Kier alpha value is -1.75. The molecule has 0 aliphatic heterocycles. The van der Waals surface area contributed by atoms with Gasteiger partial charge in [0.25, 0.3) is 5.56 Å². The molecule has 2 rings (SSSR count). The first-order valence-corrected chi connectivity index (χ1v) is 7.78. The molecule has 4 nitrogen and oxygen atoms in total. The minimum Gasteiger partial charge on any atom is -0.493 e. The number of thioether (sulfide) groups is 1. The van der Waals surface area contributed by atoms with Crippen LogP contribution in [0.5, 0.6) is 5.88 Å². The third-order valence-corrected chi connectivity index (χ3v) is 4.18. The molecular formula is C16H20N2O2S. The van der Waals surface area contributed by atoms with Crippen molar-refractivity contribution < 1.29 is 5.11 Å². The van der Waals surface area contributed by atoms with Gasteiger partial charge < -0.3 is 10.1 Å². The number of benzene rings is 1. The predicted molar refractivity (Wildman–Crippen MR) is 87.7 cm³/mol. The lowest BCUT2D eigenvalue weighted by Gasteiger charge is -2.17. The first kappa shape index (κ1) is 15.6. The maximum atomic E-state index is 12.2. The maximum absolute atomic E-state index is 12.2. The van der Waals surface area contributed by atoms with Crippen LogP contribution >= 0.6 is 11.8 Å². The van der Waals surface area contributed by atoms with E-state index in [0.717, 1.165) is 5.56 Å². The Kier molecular flexibility index (Phi) is 4.42. The number of nitrogens with zero attached hydrogens (tertiary/aromatic N) is 1. The zero-order valence-electron chi connectivity index (χ0n) is 12.7. The van der Waals surface area contributed by atoms with E-state index >= 15 is 0 Å². The highest BCUT2D eigenvalue weighted by Gasteiger charge is 2.15. The summed E-state index contributed by atoms with van der Waals surface area (Å²) in [4.78, 5) is 19.1. The molecule has 2 N–H and O–H groups in total. The van der Waals surface area contributed by atoms with Gasteiger partial charge in [-0.15, -0.1) is 11.8 Å². The zero-order valence-corrected chi connectivity index (χ0v) is 13.5. The molecule has 0 bridgehead atoms. The third kappa shape index (κ3) is 4.11. The summed E-state index contributed by atoms with van der Waals surface area (Å²) >= 11 is 1.66. The molecule has 1 aromatic carbocycles. The van der Waals surface area contributed by atoms with E-state index in [1.807, 2.05) is 25.1 Å². The largest absolute Gasteiger partial charge is 0.493 e. The van der Waals surface area contributed by atoms with E-state index in [0.29, 0.717) is 17.1 Å². The minimum absolute atomic E-state index is 0.0728. The number of H-pyrrole nitrogens is 1. The highest BCUT2D eigenvalue weighted by Crippen LogP contribution is 2.28. The van der Waals surface area contributed by atoms with Crippen molar-refractivity contribution in [3.05, 3.63) is 46.0 Å². The van der Waals surface area contributed by atoms with Gasteiger partial charge in [-0.05, 0) is 12.5 Å². The van der Waals surface area contributed by atoms with Crippen molar-refractivity contribution >= 4 is 11.8 Å². The van der Waals surface area contributed by atoms with Crippen LogP contribution in [0.3, 0.4) is 0 Å². The van der Waals surface area contributed by atoms with Crippen LogP contribution < -0.4 is 5.56 Å². The van der Waals surface area contributed by atoms with Crippen LogP contribution in [0, 0.1) is 6.92 Å². The Morgan fingerprint density at radius 3 is 2.62 bits per heavy atom. The fraction of sp³-hybridized carbons (Fsp3) is 0.375. The monoisotopic (exact) mass is 304 g/mol. The molecule has 0 saturated heterocycles. The van der Waals surface area contributed by atoms with Crippen LogP contribution in [-0.4, -0.2) is 19.8 Å². The van der Waals surface area contributed by atoms with Gasteiger partial charge in [0.2, 0.25) is 5.88 Å². The van der Waals surface area contributed by atoms with Crippen molar-refractivity contribution in [3.8, 4) is 17.0 Å². The quantitative estimate of drug-likeness (QED) is 0.911. The summed E-state index contributed by atoms with van der Waals surface area (Å²) < 4.78 is 0.0728. The van der Waals surface area contributed by atoms with Gasteiger partial charge in [0, 0.05) is 4.75 Å². The van der Waals surface area contributed by atoms with Gasteiger partial charge in [-0.2, -0.15) is 4.98 Å². The highest BCUT2D eigenvalue weighted by molar-refractivity contribution is 7.99. The van der Waals surface area contributed by atoms with Crippen LogP contribution in [0.4, 0.5) is 0 Å². The molecule has 0 unspecified atom stereocenters. The van der Waals surface area contributed by atoms with Crippen LogP contribution in [0.15, 0.2) is 29.1 Å². The second-order valence-corrected chi connectivity index (χ2v) is 7.78. The summed E-state index contributed by atoms with van der Waals surface area (Å²) in [5.74, 6) is 0.836. The predicted octanol–water partition coefficient (Wildman–Crippen LogP) is 3.48. The lowest BCUT2D eigenvalue weighted by molar-refractivity contribution is 0.451. The minimum atomic E-state index is -0.308. The number of aromatic amines is 1. The van der Waals surface area contributed by atoms with Crippen molar-refractivity contribution in [2.24, 2.45) is 0 Å². The van der Waals surface area contributed by atoms with Crippen molar-refractivity contribution in [2.75, 3.05) is 0 Å². The Morgan fingerprint density at radius 2 is 2.05 bits per heavy atom. The van der Waals surface area contributed by atoms with Crippen LogP contribution in [0.25, 0.3) is 11.1 Å². The van der Waals surface area contributed by atoms with Gasteiger partial charge in [0.1, 0.15) is 11.4 Å². The molecule has 0 spiro atoms. The van der Waals surface area contributed by atoms with E-state index in [2.05, 4.69) is 30.7 Å². The van der Waals surface area contributed by atoms with E-state index in [1.54, 1.807) is 17.8 Å². The fourth-order valence-electron chi connectivity index (χ4n) is 1.92. The average molecular weight is 304 g/mol. The number of rotatable bonds is 3. The van der Waals surface area contributed by atoms with Gasteiger partial charge >= 0.3 is 0 Å². The van der Waals surface area contributed by atoms with Crippen molar-refractivity contribution in [1.29, 1.82) is 0 Å². The van der Waals surface area contributed by atoms with Gasteiger partial charge in [-0.1, -0.05) is 50.6 Å². The highest BCUT2D eigenvalue weighted by atomic mass is 32.2. The van der Waals surface area contributed by atoms with Crippen LogP contribution in [0.1, 0.15) is 32.2 Å². The Morgan fingerprint density at radius 1 is 1.33 bits per heavy atom. The van der Waals surface area contributed by atoms with E-state index < -0.39 is 0 Å². The van der Waals surface area contributed by atoms with Gasteiger partial charge in [0.15, 0.2) is 0 Å². The first-order chi connectivity index (χ1) is 9.76. The van der Waals surface area contributed by atoms with E-state index in [1.165, 1.54) is 0 Å². The van der Waals surface area contributed by atoms with E-state index in [-0.39, 0.29) is 21.7 Å². The average Bonchev–Trinajstić information content (AvgIpc) is 2.35. The lowest BCUT2D eigenvalue weighted by Crippen LogP contribution is -2.15. The standard InChI is InChI=1S/C16H20N2O2S/c1-10-6-5-7-11(8-10)13-14(19)17-12(18-15(13)20)9-21-16(2,3)4/h5-8H,9H2,1-4H3,(H2,17,18,19,20). The number of hydrogen-bond acceptors (Lipinski definition) is 4. The van der Waals surface area contributed by atoms with Crippen LogP contribution in [-0.2, 0) is 5.75 Å². The topological polar surface area (TPSA) is 66.0 Å². The summed E-state index contributed by atoms with van der Waals surface area (Å²) in [5, 5.41) is 10.1. The second kappa shape index (κ2) is 5.93. The lowest BCUT2D eigenvalue weighted by atomic mass is 10.1. The molecule has 2 aromatic rings. The van der Waals surface area contributed by atoms with Crippen molar-refractivity contribution in [1.82, 2.24) is 9.97 Å². The maximum Gasteiger partial charge on any atom is 0.262 e. The smallest absolute Gasteiger partial charge is 0.262 e. The van der Waals surface area contributed by atoms with Crippen LogP contribution in [0.2, 0.25) is 0 Å². The molecule has 0 fully saturated rings. The molecule has 0 aliphatic rings. The Bertz CT molecular complexity index is 702. The number of aromatic hydroxyl groups is 1. The summed E-state index contributed by atoms with van der Waals surface area (Å²) in [6.07, 6.45) is 0. The molecule has 5 heteroatoms. The summed E-state index contributed by atoms with van der Waals surface area (Å²) in [5.41, 5.74) is 1.62. The normalized spacial score (nSPS) is 11.6. The summed E-state index contributed by atoms with van der Waals surface area (Å²) in [6.45, 7) is 8.22. The van der Waals surface area contributed by atoms with E-state index in [4.69, 9.17) is 0 Å². The van der Waals surface area contributed by atoms with Gasteiger partial charge in [-0.3, -0.25) is 4.79 Å². The number of nitrogens with one attached hydrogen (secondary N) is 1. The first-order valence-electron chi connectivity index (χ1n) is 6.79. The number of aromatic nitrogens is 2. The number of hydrogen-bond donors (Lipinski definition) is 2. The van der Waals surface area contributed by atoms with E-state index in [9.17, 15) is 9.90 Å².